The zero-order valence-corrected chi connectivity index (χ0v) is 30.0. The minimum Gasteiger partial charge on any atom is -0.455 e. The Labute approximate surface area is 312 Å². The van der Waals surface area contributed by atoms with Crippen LogP contribution in [-0.2, 0) is 0 Å². The summed E-state index contributed by atoms with van der Waals surface area (Å²) in [6, 6.07) is 61.0. The van der Waals surface area contributed by atoms with E-state index in [1.807, 2.05) is 0 Å². The van der Waals surface area contributed by atoms with Crippen LogP contribution < -0.4 is 0 Å². The second-order valence-electron chi connectivity index (χ2n) is 14.4. The Morgan fingerprint density at radius 3 is 1.91 bits per heavy atom. The predicted octanol–water partition coefficient (Wildman–Crippen LogP) is 14.0. The van der Waals surface area contributed by atoms with E-state index in [2.05, 4.69) is 188 Å². The fourth-order valence-electron chi connectivity index (χ4n) is 8.58. The molecule has 0 radical (unpaired) electrons. The Balaban J connectivity index is 1.24. The Morgan fingerprint density at radius 2 is 1.13 bits per heavy atom. The number of para-hydroxylation sites is 3. The normalized spacial score (nSPS) is 11.9. The van der Waals surface area contributed by atoms with Gasteiger partial charge in [0.25, 0.3) is 0 Å². The summed E-state index contributed by atoms with van der Waals surface area (Å²) in [6.45, 7) is 4.42. The summed E-state index contributed by atoms with van der Waals surface area (Å²) in [6.07, 6.45) is 0. The van der Waals surface area contributed by atoms with Crippen LogP contribution in [0.3, 0.4) is 0 Å². The largest absolute Gasteiger partial charge is 0.455 e. The van der Waals surface area contributed by atoms with Gasteiger partial charge in [-0.3, -0.25) is 4.57 Å². The lowest BCUT2D eigenvalue weighted by atomic mass is 9.94. The van der Waals surface area contributed by atoms with Gasteiger partial charge in [0, 0.05) is 21.9 Å². The fraction of sp³-hybridized carbons (Fsp3) is 0.0392. The molecule has 0 amide bonds. The Bertz CT molecular complexity index is 3220. The van der Waals surface area contributed by atoms with Crippen molar-refractivity contribution in [3.8, 4) is 39.3 Å². The van der Waals surface area contributed by atoms with E-state index in [1.54, 1.807) is 0 Å². The molecule has 0 aliphatic heterocycles. The van der Waals surface area contributed by atoms with Crippen LogP contribution >= 0.6 is 0 Å². The lowest BCUT2D eigenvalue weighted by molar-refractivity contribution is 0.669. The predicted molar refractivity (Wildman–Crippen MR) is 227 cm³/mol. The van der Waals surface area contributed by atoms with Gasteiger partial charge in [-0.05, 0) is 111 Å². The zero-order valence-electron chi connectivity index (χ0n) is 30.0. The van der Waals surface area contributed by atoms with Crippen LogP contribution in [-0.4, -0.2) is 9.55 Å². The van der Waals surface area contributed by atoms with Crippen LogP contribution in [0.5, 0.6) is 0 Å². The first-order valence-electron chi connectivity index (χ1n) is 18.5. The highest BCUT2D eigenvalue weighted by Gasteiger charge is 2.25. The molecule has 2 heterocycles. The number of benzene rings is 9. The molecule has 0 spiro atoms. The first-order chi connectivity index (χ1) is 26.6. The molecule has 3 heteroatoms. The molecule has 0 aliphatic rings. The number of aromatic nitrogens is 2. The molecule has 9 aromatic carbocycles. The summed E-state index contributed by atoms with van der Waals surface area (Å²) in [5.41, 5.74) is 12.8. The van der Waals surface area contributed by atoms with Gasteiger partial charge in [-0.1, -0.05) is 127 Å². The first-order valence-corrected chi connectivity index (χ1v) is 18.5. The quantitative estimate of drug-likeness (QED) is 0.136. The second kappa shape index (κ2) is 11.8. The topological polar surface area (TPSA) is 31.0 Å². The number of furan rings is 1. The number of hydrogen-bond acceptors (Lipinski definition) is 2. The smallest absolute Gasteiger partial charge is 0.149 e. The maximum Gasteiger partial charge on any atom is 0.149 e. The van der Waals surface area contributed by atoms with Crippen LogP contribution in [0.25, 0.3) is 105 Å². The van der Waals surface area contributed by atoms with Gasteiger partial charge < -0.3 is 4.42 Å². The highest BCUT2D eigenvalue weighted by Crippen LogP contribution is 2.45. The van der Waals surface area contributed by atoms with E-state index >= 15 is 0 Å². The van der Waals surface area contributed by atoms with Crippen molar-refractivity contribution >= 4 is 65.3 Å². The van der Waals surface area contributed by atoms with Gasteiger partial charge in [0.1, 0.15) is 17.0 Å². The van der Waals surface area contributed by atoms with E-state index in [1.165, 1.54) is 38.1 Å². The van der Waals surface area contributed by atoms with Gasteiger partial charge in [-0.15, -0.1) is 0 Å². The molecule has 0 N–H and O–H groups in total. The Morgan fingerprint density at radius 1 is 0.481 bits per heavy atom. The SMILES string of the molecule is Cc1cc(-c2nc3ccccc3n2-c2c(-c3ccccc3)cccc2-c2ccccc2)c2oc3cc4cc5ccc6ccccc6c5cc4cc3c2c1C. The number of aryl methyl sites for hydroxylation is 2. The van der Waals surface area contributed by atoms with Crippen molar-refractivity contribution in [3.63, 3.8) is 0 Å². The number of fused-ring (bicyclic) bond motifs is 8. The number of imidazole rings is 1. The minimum atomic E-state index is 0.852. The maximum absolute atomic E-state index is 7.03. The van der Waals surface area contributed by atoms with Crippen molar-refractivity contribution in [1.82, 2.24) is 9.55 Å². The molecule has 3 nitrogen and oxygen atoms in total. The molecule has 0 atom stereocenters. The van der Waals surface area contributed by atoms with Crippen LogP contribution in [0.4, 0.5) is 0 Å². The van der Waals surface area contributed by atoms with E-state index in [-0.39, 0.29) is 0 Å². The first kappa shape index (κ1) is 30.6. The van der Waals surface area contributed by atoms with Gasteiger partial charge in [0.2, 0.25) is 0 Å². The monoisotopic (exact) mass is 690 g/mol. The number of rotatable bonds is 4. The molecule has 11 aromatic rings. The van der Waals surface area contributed by atoms with Gasteiger partial charge >= 0.3 is 0 Å². The average Bonchev–Trinajstić information content (AvgIpc) is 3.79. The summed E-state index contributed by atoms with van der Waals surface area (Å²) in [5.74, 6) is 0.852. The van der Waals surface area contributed by atoms with Crippen molar-refractivity contribution in [1.29, 1.82) is 0 Å². The molecule has 0 unspecified atom stereocenters. The zero-order chi connectivity index (χ0) is 35.9. The lowest BCUT2D eigenvalue weighted by Gasteiger charge is -2.20. The molecule has 11 rings (SSSR count). The Hall–Kier alpha value is -6.97. The van der Waals surface area contributed by atoms with Crippen molar-refractivity contribution < 1.29 is 4.42 Å². The van der Waals surface area contributed by atoms with E-state index in [0.29, 0.717) is 0 Å². The molecular weight excluding hydrogens is 657 g/mol. The van der Waals surface area contributed by atoms with Gasteiger partial charge in [0.05, 0.1) is 22.3 Å². The van der Waals surface area contributed by atoms with Crippen LogP contribution in [0, 0.1) is 13.8 Å². The van der Waals surface area contributed by atoms with Crippen molar-refractivity contribution in [2.75, 3.05) is 0 Å². The summed E-state index contributed by atoms with van der Waals surface area (Å²) in [5, 5.41) is 9.64. The Kier molecular flexibility index (Phi) is 6.68. The van der Waals surface area contributed by atoms with Crippen molar-refractivity contribution in [2.45, 2.75) is 13.8 Å². The molecular formula is C51H34N2O. The third-order valence-electron chi connectivity index (χ3n) is 11.3. The van der Waals surface area contributed by atoms with Crippen molar-refractivity contribution in [2.24, 2.45) is 0 Å². The number of nitrogens with zero attached hydrogens (tertiary/aromatic N) is 2. The highest BCUT2D eigenvalue weighted by atomic mass is 16.3. The molecule has 0 aliphatic carbocycles. The van der Waals surface area contributed by atoms with Gasteiger partial charge in [-0.2, -0.15) is 0 Å². The van der Waals surface area contributed by atoms with Crippen LogP contribution in [0.2, 0.25) is 0 Å². The molecule has 0 fully saturated rings. The summed E-state index contributed by atoms with van der Waals surface area (Å²) in [7, 11) is 0. The average molecular weight is 691 g/mol. The molecule has 0 bridgehead atoms. The lowest BCUT2D eigenvalue weighted by Crippen LogP contribution is -2.03. The summed E-state index contributed by atoms with van der Waals surface area (Å²) < 4.78 is 9.39. The third kappa shape index (κ3) is 4.58. The molecule has 254 valence electrons. The van der Waals surface area contributed by atoms with E-state index in [9.17, 15) is 0 Å². The van der Waals surface area contributed by atoms with E-state index < -0.39 is 0 Å². The van der Waals surface area contributed by atoms with E-state index in [0.717, 1.165) is 77.7 Å². The summed E-state index contributed by atoms with van der Waals surface area (Å²) in [4.78, 5) is 5.44. The summed E-state index contributed by atoms with van der Waals surface area (Å²) >= 11 is 0. The second-order valence-corrected chi connectivity index (χ2v) is 14.4. The number of hydrogen-bond donors (Lipinski definition) is 0. The van der Waals surface area contributed by atoms with Crippen molar-refractivity contribution in [3.05, 3.63) is 181 Å². The van der Waals surface area contributed by atoms with Gasteiger partial charge in [0.15, 0.2) is 0 Å². The van der Waals surface area contributed by atoms with E-state index in [4.69, 9.17) is 9.40 Å². The highest BCUT2D eigenvalue weighted by molar-refractivity contribution is 6.18. The molecule has 0 saturated heterocycles. The fourth-order valence-corrected chi connectivity index (χ4v) is 8.58. The van der Waals surface area contributed by atoms with Gasteiger partial charge in [-0.25, -0.2) is 4.98 Å². The minimum absolute atomic E-state index is 0.852. The maximum atomic E-state index is 7.03. The van der Waals surface area contributed by atoms with Crippen LogP contribution in [0.1, 0.15) is 11.1 Å². The standard InChI is InChI=1S/C51H34N2O/c1-31-26-44(50-48(32(31)2)43-29-38-28-42-36(27-37(38)30-47(43)54-50)25-24-35-18-9-10-19-39(35)42)51-52-45-22-11-12-23-46(45)53(51)49-40(33-14-5-3-6-15-33)20-13-21-41(49)34-16-7-4-8-17-34/h3-30H,1-2H3. The molecule has 2 aromatic heterocycles. The molecule has 54 heavy (non-hydrogen) atoms. The molecule has 0 saturated carbocycles. The third-order valence-corrected chi connectivity index (χ3v) is 11.3. The van der Waals surface area contributed by atoms with Crippen LogP contribution in [0.15, 0.2) is 174 Å².